The Balaban J connectivity index is 1.93. The number of hydrogen-bond acceptors (Lipinski definition) is 6. The van der Waals surface area contributed by atoms with Gasteiger partial charge in [-0.15, -0.1) is 0 Å². The summed E-state index contributed by atoms with van der Waals surface area (Å²) in [4.78, 5) is 14.7. The van der Waals surface area contributed by atoms with Crippen LogP contribution in [-0.4, -0.2) is 32.0 Å². The highest BCUT2D eigenvalue weighted by Gasteiger charge is 2.07. The summed E-state index contributed by atoms with van der Waals surface area (Å²) in [7, 11) is 0. The molecular formula is C15H10N5O2S-. The summed E-state index contributed by atoms with van der Waals surface area (Å²) in [5, 5.41) is 21.9. The summed E-state index contributed by atoms with van der Waals surface area (Å²) in [6, 6.07) is 9.76. The number of aromatic amines is 1. The second-order valence-corrected chi connectivity index (χ2v) is 4.94. The molecule has 0 aliphatic carbocycles. The molecule has 7 nitrogen and oxygen atoms in total. The molecule has 2 aromatic heterocycles. The van der Waals surface area contributed by atoms with Gasteiger partial charge in [0.25, 0.3) is 0 Å². The fourth-order valence-corrected chi connectivity index (χ4v) is 2.10. The summed E-state index contributed by atoms with van der Waals surface area (Å²) in [6.07, 6.45) is 4.87. The fourth-order valence-electron chi connectivity index (χ4n) is 1.92. The molecule has 0 atom stereocenters. The quantitative estimate of drug-likeness (QED) is 0.575. The van der Waals surface area contributed by atoms with Gasteiger partial charge in [0.1, 0.15) is 0 Å². The van der Waals surface area contributed by atoms with Gasteiger partial charge in [0.2, 0.25) is 4.77 Å². The number of benzene rings is 1. The van der Waals surface area contributed by atoms with E-state index in [1.54, 1.807) is 42.9 Å². The van der Waals surface area contributed by atoms with Crippen LogP contribution in [0.3, 0.4) is 0 Å². The molecule has 0 saturated heterocycles. The van der Waals surface area contributed by atoms with Crippen molar-refractivity contribution in [3.8, 4) is 11.4 Å². The molecular weight excluding hydrogens is 314 g/mol. The summed E-state index contributed by atoms with van der Waals surface area (Å²) in [5.74, 6) is -0.662. The van der Waals surface area contributed by atoms with Crippen molar-refractivity contribution < 1.29 is 9.90 Å². The second-order valence-electron chi connectivity index (χ2n) is 4.55. The van der Waals surface area contributed by atoms with E-state index < -0.39 is 5.97 Å². The molecule has 1 aromatic carbocycles. The van der Waals surface area contributed by atoms with Crippen molar-refractivity contribution in [2.45, 2.75) is 0 Å². The van der Waals surface area contributed by atoms with Crippen LogP contribution in [0, 0.1) is 4.77 Å². The highest BCUT2D eigenvalue weighted by atomic mass is 32.1. The molecule has 2 heterocycles. The number of pyridine rings is 1. The molecule has 1 N–H and O–H groups in total. The number of nitrogens with zero attached hydrogens (tertiary/aromatic N) is 4. The van der Waals surface area contributed by atoms with Crippen LogP contribution in [0.15, 0.2) is 53.9 Å². The predicted octanol–water partition coefficient (Wildman–Crippen LogP) is 1.25. The third-order valence-corrected chi connectivity index (χ3v) is 3.32. The zero-order valence-electron chi connectivity index (χ0n) is 11.7. The molecule has 0 saturated carbocycles. The Morgan fingerprint density at radius 2 is 1.91 bits per heavy atom. The number of hydrogen-bond donors (Lipinski definition) is 1. The Morgan fingerprint density at radius 1 is 1.22 bits per heavy atom. The topological polar surface area (TPSA) is 99.0 Å². The standard InChI is InChI=1S/C15H11N5O2S/c21-14(22)12-3-1-10(2-4-12)9-17-20-13(18-19-15(20)23)11-5-7-16-8-6-11/h1-9H,(H,19,23)(H,21,22)/p-1/b17-9-. The van der Waals surface area contributed by atoms with Gasteiger partial charge in [0.15, 0.2) is 5.82 Å². The SMILES string of the molecule is O=C([O-])c1ccc(/C=N\n2c(-c3ccncc3)n[nH]c2=S)cc1. The number of carboxylic acid groups (broad SMARTS) is 1. The van der Waals surface area contributed by atoms with Crippen molar-refractivity contribution in [2.75, 3.05) is 0 Å². The largest absolute Gasteiger partial charge is 0.545 e. The molecule has 0 radical (unpaired) electrons. The maximum absolute atomic E-state index is 10.7. The average Bonchev–Trinajstić information content (AvgIpc) is 2.95. The number of carbonyl (C=O) groups is 1. The minimum Gasteiger partial charge on any atom is -0.545 e. The first kappa shape index (κ1) is 14.8. The Morgan fingerprint density at radius 3 is 2.57 bits per heavy atom. The lowest BCUT2D eigenvalue weighted by Gasteiger charge is -2.02. The molecule has 0 fully saturated rings. The summed E-state index contributed by atoms with van der Waals surface area (Å²) in [6.45, 7) is 0. The minimum absolute atomic E-state index is 0.111. The lowest BCUT2D eigenvalue weighted by atomic mass is 10.1. The van der Waals surface area contributed by atoms with Crippen LogP contribution in [0.1, 0.15) is 15.9 Å². The van der Waals surface area contributed by atoms with E-state index in [0.29, 0.717) is 10.6 Å². The van der Waals surface area contributed by atoms with Crippen molar-refractivity contribution in [3.05, 3.63) is 64.7 Å². The molecule has 114 valence electrons. The Bertz CT molecular complexity index is 913. The van der Waals surface area contributed by atoms with Gasteiger partial charge < -0.3 is 9.90 Å². The van der Waals surface area contributed by atoms with Gasteiger partial charge in [-0.1, -0.05) is 24.3 Å². The van der Waals surface area contributed by atoms with Crippen LogP contribution in [-0.2, 0) is 0 Å². The molecule has 23 heavy (non-hydrogen) atoms. The number of carboxylic acids is 1. The molecule has 0 spiro atoms. The molecule has 0 bridgehead atoms. The number of aromatic carboxylic acids is 1. The number of rotatable bonds is 4. The Labute approximate surface area is 136 Å². The van der Waals surface area contributed by atoms with Crippen molar-refractivity contribution in [2.24, 2.45) is 5.10 Å². The van der Waals surface area contributed by atoms with Gasteiger partial charge in [0.05, 0.1) is 12.2 Å². The van der Waals surface area contributed by atoms with E-state index in [4.69, 9.17) is 12.2 Å². The second kappa shape index (κ2) is 6.32. The highest BCUT2D eigenvalue weighted by molar-refractivity contribution is 7.71. The normalized spacial score (nSPS) is 11.0. The third kappa shape index (κ3) is 3.22. The molecule has 3 aromatic rings. The number of aromatic nitrogens is 4. The van der Waals surface area contributed by atoms with Gasteiger partial charge in [-0.2, -0.15) is 14.9 Å². The first-order valence-corrected chi connectivity index (χ1v) is 6.99. The third-order valence-electron chi connectivity index (χ3n) is 3.06. The first-order chi connectivity index (χ1) is 11.1. The Kier molecular flexibility index (Phi) is 4.07. The van der Waals surface area contributed by atoms with Crippen LogP contribution in [0.5, 0.6) is 0 Å². The van der Waals surface area contributed by atoms with Gasteiger partial charge in [-0.3, -0.25) is 4.98 Å². The zero-order valence-corrected chi connectivity index (χ0v) is 12.5. The predicted molar refractivity (Wildman–Crippen MR) is 84.4 cm³/mol. The molecule has 8 heteroatoms. The van der Waals surface area contributed by atoms with Crippen LogP contribution in [0.4, 0.5) is 0 Å². The van der Waals surface area contributed by atoms with Gasteiger partial charge in [-0.05, 0) is 35.5 Å². The van der Waals surface area contributed by atoms with Crippen molar-refractivity contribution >= 4 is 24.4 Å². The van der Waals surface area contributed by atoms with Crippen molar-refractivity contribution in [1.29, 1.82) is 0 Å². The van der Waals surface area contributed by atoms with Crippen molar-refractivity contribution in [3.63, 3.8) is 0 Å². The summed E-state index contributed by atoms with van der Waals surface area (Å²) >= 11 is 5.17. The molecule has 0 amide bonds. The molecule has 0 aliphatic rings. The lowest BCUT2D eigenvalue weighted by molar-refractivity contribution is -0.255. The van der Waals surface area contributed by atoms with Crippen LogP contribution in [0.2, 0.25) is 0 Å². The summed E-state index contributed by atoms with van der Waals surface area (Å²) < 4.78 is 1.83. The number of H-pyrrole nitrogens is 1. The maximum atomic E-state index is 10.7. The van der Waals surface area contributed by atoms with E-state index in [1.807, 2.05) is 0 Å². The van der Waals surface area contributed by atoms with E-state index in [1.165, 1.54) is 16.8 Å². The summed E-state index contributed by atoms with van der Waals surface area (Å²) in [5.41, 5.74) is 1.65. The Hall–Kier alpha value is -3.13. The number of carbonyl (C=O) groups excluding carboxylic acids is 1. The van der Waals surface area contributed by atoms with E-state index in [9.17, 15) is 9.90 Å². The van der Waals surface area contributed by atoms with E-state index in [-0.39, 0.29) is 5.56 Å². The average molecular weight is 324 g/mol. The molecule has 3 rings (SSSR count). The van der Waals surface area contributed by atoms with Crippen LogP contribution >= 0.6 is 12.2 Å². The van der Waals surface area contributed by atoms with E-state index in [2.05, 4.69) is 20.3 Å². The molecule has 0 aliphatic heterocycles. The smallest absolute Gasteiger partial charge is 0.216 e. The minimum atomic E-state index is -1.22. The van der Waals surface area contributed by atoms with E-state index >= 15 is 0 Å². The highest BCUT2D eigenvalue weighted by Crippen LogP contribution is 2.15. The first-order valence-electron chi connectivity index (χ1n) is 6.59. The monoisotopic (exact) mass is 324 g/mol. The zero-order chi connectivity index (χ0) is 16.2. The van der Waals surface area contributed by atoms with Crippen LogP contribution < -0.4 is 5.11 Å². The van der Waals surface area contributed by atoms with E-state index in [0.717, 1.165) is 11.1 Å². The maximum Gasteiger partial charge on any atom is 0.216 e. The lowest BCUT2D eigenvalue weighted by Crippen LogP contribution is -2.21. The van der Waals surface area contributed by atoms with Crippen molar-refractivity contribution in [1.82, 2.24) is 19.9 Å². The fraction of sp³-hybridized carbons (Fsp3) is 0. The van der Waals surface area contributed by atoms with Gasteiger partial charge in [-0.25, -0.2) is 5.10 Å². The van der Waals surface area contributed by atoms with Gasteiger partial charge in [0, 0.05) is 18.0 Å². The van der Waals surface area contributed by atoms with Gasteiger partial charge >= 0.3 is 0 Å². The number of nitrogens with one attached hydrogen (secondary N) is 1. The molecule has 0 unspecified atom stereocenters. The van der Waals surface area contributed by atoms with Crippen LogP contribution in [0.25, 0.3) is 11.4 Å².